The van der Waals surface area contributed by atoms with Gasteiger partial charge in [-0.1, -0.05) is 41.4 Å². The van der Waals surface area contributed by atoms with Gasteiger partial charge in [-0.15, -0.1) is 0 Å². The second-order valence-electron chi connectivity index (χ2n) is 4.99. The maximum Gasteiger partial charge on any atom is 0.129 e. The minimum atomic E-state index is -1.05. The smallest absolute Gasteiger partial charge is 0.129 e. The van der Waals surface area contributed by atoms with Gasteiger partial charge in [0.05, 0.1) is 16.1 Å². The molecule has 0 heterocycles. The summed E-state index contributed by atoms with van der Waals surface area (Å²) < 4.78 is 14.0. The number of halogens is 3. The van der Waals surface area contributed by atoms with Gasteiger partial charge in [-0.2, -0.15) is 0 Å². The number of hydrogen-bond donors (Lipinski definition) is 2. The zero-order chi connectivity index (χ0) is 15.6. The lowest BCUT2D eigenvalue weighted by atomic mass is 9.88. The number of hydrogen-bond acceptors (Lipinski definition) is 2. The molecule has 0 aliphatic heterocycles. The van der Waals surface area contributed by atoms with Gasteiger partial charge in [0.15, 0.2) is 0 Å². The van der Waals surface area contributed by atoms with Gasteiger partial charge in [0, 0.05) is 18.0 Å². The molecule has 0 spiro atoms. The minimum Gasteiger partial charge on any atom is -0.388 e. The summed E-state index contributed by atoms with van der Waals surface area (Å²) in [6.45, 7) is 1.95. The molecule has 0 saturated carbocycles. The van der Waals surface area contributed by atoms with Crippen molar-refractivity contribution in [2.24, 2.45) is 5.73 Å². The van der Waals surface area contributed by atoms with Crippen molar-refractivity contribution in [2.75, 3.05) is 6.54 Å². The SMILES string of the molecule is Cc1ccc(C(O)C(CN)c2ccc(Cl)c(Cl)c2)c(F)c1. The van der Waals surface area contributed by atoms with Crippen LogP contribution in [0.5, 0.6) is 0 Å². The van der Waals surface area contributed by atoms with Crippen LogP contribution in [0.15, 0.2) is 36.4 Å². The average molecular weight is 328 g/mol. The highest BCUT2D eigenvalue weighted by atomic mass is 35.5. The Balaban J connectivity index is 2.37. The van der Waals surface area contributed by atoms with E-state index in [0.717, 1.165) is 11.1 Å². The fraction of sp³-hybridized carbons (Fsp3) is 0.250. The first kappa shape index (κ1) is 16.2. The topological polar surface area (TPSA) is 46.2 Å². The number of benzene rings is 2. The maximum atomic E-state index is 14.0. The molecule has 2 unspecified atom stereocenters. The quantitative estimate of drug-likeness (QED) is 0.883. The number of aliphatic hydroxyl groups excluding tert-OH is 1. The van der Waals surface area contributed by atoms with Gasteiger partial charge in [-0.25, -0.2) is 4.39 Å². The second kappa shape index (κ2) is 6.75. The molecular formula is C16H16Cl2FNO. The van der Waals surface area contributed by atoms with Gasteiger partial charge in [0.1, 0.15) is 5.82 Å². The number of nitrogens with two attached hydrogens (primary N) is 1. The maximum absolute atomic E-state index is 14.0. The normalized spacial score (nSPS) is 14.0. The van der Waals surface area contributed by atoms with E-state index in [9.17, 15) is 9.50 Å². The average Bonchev–Trinajstić information content (AvgIpc) is 2.43. The van der Waals surface area contributed by atoms with Crippen molar-refractivity contribution in [3.05, 3.63) is 69.0 Å². The number of aliphatic hydroxyl groups is 1. The van der Waals surface area contributed by atoms with Gasteiger partial charge in [0.2, 0.25) is 0 Å². The van der Waals surface area contributed by atoms with E-state index < -0.39 is 17.8 Å². The van der Waals surface area contributed by atoms with Gasteiger partial charge < -0.3 is 10.8 Å². The molecule has 0 bridgehead atoms. The van der Waals surface area contributed by atoms with Crippen molar-refractivity contribution in [1.29, 1.82) is 0 Å². The molecule has 0 amide bonds. The van der Waals surface area contributed by atoms with Crippen molar-refractivity contribution in [1.82, 2.24) is 0 Å². The van der Waals surface area contributed by atoms with E-state index in [4.69, 9.17) is 28.9 Å². The summed E-state index contributed by atoms with van der Waals surface area (Å²) in [6, 6.07) is 9.75. The minimum absolute atomic E-state index is 0.159. The fourth-order valence-corrected chi connectivity index (χ4v) is 2.59. The van der Waals surface area contributed by atoms with Gasteiger partial charge in [0.25, 0.3) is 0 Å². The zero-order valence-corrected chi connectivity index (χ0v) is 13.0. The Hall–Kier alpha value is -1.13. The van der Waals surface area contributed by atoms with Crippen LogP contribution in [-0.2, 0) is 0 Å². The van der Waals surface area contributed by atoms with Crippen LogP contribution in [0.4, 0.5) is 4.39 Å². The molecule has 2 nitrogen and oxygen atoms in total. The van der Waals surface area contributed by atoms with Gasteiger partial charge in [-0.3, -0.25) is 0 Å². The lowest BCUT2D eigenvalue weighted by molar-refractivity contribution is 0.143. The molecule has 5 heteroatoms. The Morgan fingerprint density at radius 1 is 1.14 bits per heavy atom. The van der Waals surface area contributed by atoms with E-state index in [2.05, 4.69) is 0 Å². The Kier molecular flexibility index (Phi) is 5.22. The molecule has 112 valence electrons. The highest BCUT2D eigenvalue weighted by Gasteiger charge is 2.24. The second-order valence-corrected chi connectivity index (χ2v) is 5.80. The molecule has 3 N–H and O–H groups in total. The molecule has 21 heavy (non-hydrogen) atoms. The van der Waals surface area contributed by atoms with Crippen LogP contribution in [0, 0.1) is 12.7 Å². The first-order chi connectivity index (χ1) is 9.93. The van der Waals surface area contributed by atoms with Crippen LogP contribution < -0.4 is 5.73 Å². The lowest BCUT2D eigenvalue weighted by Gasteiger charge is -2.23. The molecule has 0 aromatic heterocycles. The summed E-state index contributed by atoms with van der Waals surface area (Å²) in [5, 5.41) is 11.3. The third-order valence-corrected chi connectivity index (χ3v) is 4.22. The van der Waals surface area contributed by atoms with E-state index in [1.807, 2.05) is 0 Å². The van der Waals surface area contributed by atoms with Crippen molar-refractivity contribution in [3.8, 4) is 0 Å². The van der Waals surface area contributed by atoms with Crippen molar-refractivity contribution in [3.63, 3.8) is 0 Å². The predicted octanol–water partition coefficient (Wildman–Crippen LogP) is 4.22. The molecule has 0 radical (unpaired) electrons. The monoisotopic (exact) mass is 327 g/mol. The van der Waals surface area contributed by atoms with Crippen LogP contribution in [0.3, 0.4) is 0 Å². The van der Waals surface area contributed by atoms with Crippen molar-refractivity contribution in [2.45, 2.75) is 18.9 Å². The largest absolute Gasteiger partial charge is 0.388 e. The summed E-state index contributed by atoms with van der Waals surface area (Å²) in [5.41, 5.74) is 7.49. The van der Waals surface area contributed by atoms with E-state index >= 15 is 0 Å². The van der Waals surface area contributed by atoms with Crippen LogP contribution in [0.1, 0.15) is 28.7 Å². The van der Waals surface area contributed by atoms with Crippen LogP contribution in [0.2, 0.25) is 10.0 Å². The summed E-state index contributed by atoms with van der Waals surface area (Å²) in [7, 11) is 0. The summed E-state index contributed by atoms with van der Waals surface area (Å²) in [5.74, 6) is -0.905. The molecule has 0 fully saturated rings. The van der Waals surface area contributed by atoms with Crippen LogP contribution in [-0.4, -0.2) is 11.7 Å². The lowest BCUT2D eigenvalue weighted by Crippen LogP contribution is -2.21. The van der Waals surface area contributed by atoms with E-state index in [0.29, 0.717) is 10.0 Å². The van der Waals surface area contributed by atoms with Crippen molar-refractivity contribution < 1.29 is 9.50 Å². The van der Waals surface area contributed by atoms with Crippen molar-refractivity contribution >= 4 is 23.2 Å². The van der Waals surface area contributed by atoms with Crippen LogP contribution in [0.25, 0.3) is 0 Å². The standard InChI is InChI=1S/C16H16Cl2FNO/c1-9-2-4-11(15(19)6-9)16(21)12(8-20)10-3-5-13(17)14(18)7-10/h2-7,12,16,21H,8,20H2,1H3. The van der Waals surface area contributed by atoms with E-state index in [1.54, 1.807) is 37.3 Å². The van der Waals surface area contributed by atoms with Crippen LogP contribution >= 0.6 is 23.2 Å². The first-order valence-electron chi connectivity index (χ1n) is 6.53. The summed E-state index contributed by atoms with van der Waals surface area (Å²) in [4.78, 5) is 0. The van der Waals surface area contributed by atoms with Gasteiger partial charge >= 0.3 is 0 Å². The highest BCUT2D eigenvalue weighted by molar-refractivity contribution is 6.42. The molecule has 2 aromatic carbocycles. The predicted molar refractivity (Wildman–Crippen MR) is 84.4 cm³/mol. The Labute approximate surface area is 133 Å². The highest BCUT2D eigenvalue weighted by Crippen LogP contribution is 2.34. The fourth-order valence-electron chi connectivity index (χ4n) is 2.28. The number of rotatable bonds is 4. The third-order valence-electron chi connectivity index (χ3n) is 3.48. The Bertz CT molecular complexity index is 648. The molecule has 2 atom stereocenters. The molecule has 2 rings (SSSR count). The summed E-state index contributed by atoms with van der Waals surface area (Å²) >= 11 is 11.9. The van der Waals surface area contributed by atoms with E-state index in [-0.39, 0.29) is 12.1 Å². The Morgan fingerprint density at radius 3 is 2.43 bits per heavy atom. The molecule has 2 aromatic rings. The molecular weight excluding hydrogens is 312 g/mol. The first-order valence-corrected chi connectivity index (χ1v) is 7.28. The summed E-state index contributed by atoms with van der Waals surface area (Å²) in [6.07, 6.45) is -1.05. The molecule has 0 aliphatic carbocycles. The molecule has 0 saturated heterocycles. The van der Waals surface area contributed by atoms with E-state index in [1.165, 1.54) is 6.07 Å². The third kappa shape index (κ3) is 3.55. The zero-order valence-electron chi connectivity index (χ0n) is 11.5. The number of aryl methyl sites for hydroxylation is 1. The Morgan fingerprint density at radius 2 is 1.86 bits per heavy atom. The molecule has 0 aliphatic rings. The van der Waals surface area contributed by atoms with Gasteiger partial charge in [-0.05, 0) is 36.2 Å².